The van der Waals surface area contributed by atoms with Gasteiger partial charge in [-0.15, -0.1) is 0 Å². The number of rotatable bonds is 3. The normalized spacial score (nSPS) is 13.9. The van der Waals surface area contributed by atoms with Crippen LogP contribution in [0.25, 0.3) is 22.4 Å². The van der Waals surface area contributed by atoms with Crippen LogP contribution < -0.4 is 15.2 Å². The number of hydrogen-bond donors (Lipinski definition) is 1. The Bertz CT molecular complexity index is 1020. The van der Waals surface area contributed by atoms with Crippen LogP contribution in [0.15, 0.2) is 41.5 Å². The van der Waals surface area contributed by atoms with Crippen LogP contribution in [0.5, 0.6) is 11.5 Å². The molecule has 0 unspecified atom stereocenters. The highest BCUT2D eigenvalue weighted by molar-refractivity contribution is 6.09. The number of aliphatic imine (C=N–C) groups is 1. The van der Waals surface area contributed by atoms with Gasteiger partial charge in [-0.1, -0.05) is 0 Å². The lowest BCUT2D eigenvalue weighted by atomic mass is 10.2. The van der Waals surface area contributed by atoms with Crippen molar-refractivity contribution in [1.82, 2.24) is 14.5 Å². The van der Waals surface area contributed by atoms with Gasteiger partial charge in [-0.2, -0.15) is 0 Å². The largest absolute Gasteiger partial charge is 0.454 e. The molecular weight excluding hydrogens is 318 g/mol. The summed E-state index contributed by atoms with van der Waals surface area (Å²) in [5.41, 5.74) is 9.66. The molecule has 1 aliphatic rings. The molecule has 0 saturated heterocycles. The first-order valence-electron chi connectivity index (χ1n) is 7.82. The number of nitrogens with zero attached hydrogens (tertiary/aromatic N) is 4. The zero-order chi connectivity index (χ0) is 17.4. The predicted molar refractivity (Wildman–Crippen MR) is 96.3 cm³/mol. The monoisotopic (exact) mass is 335 g/mol. The van der Waals surface area contributed by atoms with Gasteiger partial charge in [0.2, 0.25) is 6.79 Å². The molecule has 0 aliphatic carbocycles. The number of nitrogens with two attached hydrogens (primary N) is 1. The van der Waals surface area contributed by atoms with E-state index in [1.165, 1.54) is 6.20 Å². The first-order valence-corrected chi connectivity index (χ1v) is 7.82. The van der Waals surface area contributed by atoms with Gasteiger partial charge in [0.25, 0.3) is 0 Å². The molecule has 1 aromatic carbocycles. The van der Waals surface area contributed by atoms with Crippen LogP contribution in [0.3, 0.4) is 0 Å². The van der Waals surface area contributed by atoms with E-state index in [9.17, 15) is 0 Å². The third-order valence-corrected chi connectivity index (χ3v) is 4.03. The van der Waals surface area contributed by atoms with Gasteiger partial charge in [0.15, 0.2) is 17.1 Å². The molecule has 0 spiro atoms. The number of ether oxygens (including phenoxy) is 2. The summed E-state index contributed by atoms with van der Waals surface area (Å²) < 4.78 is 12.8. The number of pyridine rings is 1. The summed E-state index contributed by atoms with van der Waals surface area (Å²) in [7, 11) is 1.70. The summed E-state index contributed by atoms with van der Waals surface area (Å²) in [4.78, 5) is 13.4. The van der Waals surface area contributed by atoms with Gasteiger partial charge in [0, 0.05) is 31.1 Å². The number of allylic oxidation sites excluding steroid dienone is 1. The second kappa shape index (κ2) is 5.94. The first kappa shape index (κ1) is 15.2. The van der Waals surface area contributed by atoms with Crippen LogP contribution in [0.1, 0.15) is 11.5 Å². The summed E-state index contributed by atoms with van der Waals surface area (Å²) in [6.07, 6.45) is 3.18. The molecule has 0 amide bonds. The molecule has 25 heavy (non-hydrogen) atoms. The lowest BCUT2D eigenvalue weighted by molar-refractivity contribution is 0.174. The standard InChI is InChI=1S/C18H17N5O2/c1-11-21-15-5-4-14(12(8-19)9-20-2)22-18(15)23(11)13-3-6-16-17(7-13)25-10-24-16/h3-9H,10,19H2,1-2H3/b12-8+,20-9?. The Morgan fingerprint density at radius 1 is 1.20 bits per heavy atom. The van der Waals surface area contributed by atoms with E-state index in [1.54, 1.807) is 13.3 Å². The van der Waals surface area contributed by atoms with Crippen LogP contribution in [-0.2, 0) is 0 Å². The number of aromatic nitrogens is 3. The van der Waals surface area contributed by atoms with Crippen molar-refractivity contribution in [3.05, 3.63) is 48.1 Å². The average Bonchev–Trinajstić information content (AvgIpc) is 3.21. The van der Waals surface area contributed by atoms with Gasteiger partial charge in [-0.25, -0.2) is 9.97 Å². The van der Waals surface area contributed by atoms with E-state index >= 15 is 0 Å². The lowest BCUT2D eigenvalue weighted by Gasteiger charge is -2.08. The molecule has 0 bridgehead atoms. The fourth-order valence-electron chi connectivity index (χ4n) is 2.90. The third kappa shape index (κ3) is 2.50. The fraction of sp³-hybridized carbons (Fsp3) is 0.167. The number of benzene rings is 1. The number of hydrogen-bond acceptors (Lipinski definition) is 6. The zero-order valence-corrected chi connectivity index (χ0v) is 13.9. The van der Waals surface area contributed by atoms with Gasteiger partial charge in [-0.3, -0.25) is 9.56 Å². The van der Waals surface area contributed by atoms with E-state index in [4.69, 9.17) is 20.2 Å². The maximum absolute atomic E-state index is 5.70. The molecule has 7 nitrogen and oxygen atoms in total. The maximum Gasteiger partial charge on any atom is 0.231 e. The number of fused-ring (bicyclic) bond motifs is 2. The Morgan fingerprint density at radius 2 is 2.04 bits per heavy atom. The number of imidazole rings is 1. The van der Waals surface area contributed by atoms with Crippen LogP contribution in [0.4, 0.5) is 0 Å². The molecule has 0 saturated carbocycles. The molecule has 126 valence electrons. The molecule has 2 N–H and O–H groups in total. The third-order valence-electron chi connectivity index (χ3n) is 4.03. The van der Waals surface area contributed by atoms with Crippen molar-refractivity contribution in [1.29, 1.82) is 0 Å². The van der Waals surface area contributed by atoms with Crippen molar-refractivity contribution < 1.29 is 9.47 Å². The molecule has 0 radical (unpaired) electrons. The first-order chi connectivity index (χ1) is 12.2. The molecule has 0 atom stereocenters. The molecule has 3 aromatic rings. The SMILES string of the molecule is CN=C/C(=C\N)c1ccc2nc(C)n(-c3ccc4c(c3)OCO4)c2n1. The Kier molecular flexibility index (Phi) is 3.61. The van der Waals surface area contributed by atoms with Gasteiger partial charge < -0.3 is 15.2 Å². The van der Waals surface area contributed by atoms with Crippen molar-refractivity contribution >= 4 is 23.0 Å². The molecule has 4 rings (SSSR count). The van der Waals surface area contributed by atoms with Crippen LogP contribution in [0, 0.1) is 6.92 Å². The van der Waals surface area contributed by atoms with Crippen LogP contribution in [0.2, 0.25) is 0 Å². The number of aryl methyl sites for hydroxylation is 1. The van der Waals surface area contributed by atoms with Crippen LogP contribution >= 0.6 is 0 Å². The Morgan fingerprint density at radius 3 is 2.84 bits per heavy atom. The molecule has 1 aliphatic heterocycles. The second-order valence-corrected chi connectivity index (χ2v) is 5.58. The zero-order valence-electron chi connectivity index (χ0n) is 13.9. The van der Waals surface area contributed by atoms with E-state index < -0.39 is 0 Å². The van der Waals surface area contributed by atoms with Crippen molar-refractivity contribution in [3.63, 3.8) is 0 Å². The Labute approximate surface area is 144 Å². The van der Waals surface area contributed by atoms with Crippen molar-refractivity contribution in [2.75, 3.05) is 13.8 Å². The van der Waals surface area contributed by atoms with E-state index in [0.717, 1.165) is 45.4 Å². The summed E-state index contributed by atoms with van der Waals surface area (Å²) in [6, 6.07) is 9.60. The quantitative estimate of drug-likeness (QED) is 0.743. The topological polar surface area (TPSA) is 87.5 Å². The smallest absolute Gasteiger partial charge is 0.231 e. The fourth-order valence-corrected chi connectivity index (χ4v) is 2.90. The van der Waals surface area contributed by atoms with E-state index in [0.29, 0.717) is 0 Å². The molecule has 2 aromatic heterocycles. The highest BCUT2D eigenvalue weighted by Crippen LogP contribution is 2.34. The molecular formula is C18H17N5O2. The van der Waals surface area contributed by atoms with Crippen molar-refractivity contribution in [2.24, 2.45) is 10.7 Å². The summed E-state index contributed by atoms with van der Waals surface area (Å²) in [5.74, 6) is 2.29. The molecule has 3 heterocycles. The summed E-state index contributed by atoms with van der Waals surface area (Å²) in [5, 5.41) is 0. The molecule has 7 heteroatoms. The highest BCUT2D eigenvalue weighted by atomic mass is 16.7. The highest BCUT2D eigenvalue weighted by Gasteiger charge is 2.17. The van der Waals surface area contributed by atoms with Gasteiger partial charge >= 0.3 is 0 Å². The minimum absolute atomic E-state index is 0.242. The van der Waals surface area contributed by atoms with Gasteiger partial charge in [-0.05, 0) is 31.2 Å². The van der Waals surface area contributed by atoms with E-state index in [1.807, 2.05) is 41.8 Å². The van der Waals surface area contributed by atoms with Crippen molar-refractivity contribution in [3.8, 4) is 17.2 Å². The van der Waals surface area contributed by atoms with E-state index in [2.05, 4.69) is 9.98 Å². The summed E-state index contributed by atoms with van der Waals surface area (Å²) in [6.45, 7) is 2.19. The predicted octanol–water partition coefficient (Wildman–Crippen LogP) is 2.46. The molecule has 0 fully saturated rings. The van der Waals surface area contributed by atoms with E-state index in [-0.39, 0.29) is 6.79 Å². The Hall–Kier alpha value is -3.35. The minimum atomic E-state index is 0.242. The van der Waals surface area contributed by atoms with Gasteiger partial charge in [0.05, 0.1) is 11.4 Å². The van der Waals surface area contributed by atoms with Crippen molar-refractivity contribution in [2.45, 2.75) is 6.92 Å². The second-order valence-electron chi connectivity index (χ2n) is 5.58. The van der Waals surface area contributed by atoms with Gasteiger partial charge in [0.1, 0.15) is 11.3 Å². The lowest BCUT2D eigenvalue weighted by Crippen LogP contribution is -2.00. The Balaban J connectivity index is 1.90. The average molecular weight is 335 g/mol. The summed E-state index contributed by atoms with van der Waals surface area (Å²) >= 11 is 0. The van der Waals surface area contributed by atoms with Crippen LogP contribution in [-0.4, -0.2) is 34.6 Å². The minimum Gasteiger partial charge on any atom is -0.454 e. The maximum atomic E-state index is 5.70.